The highest BCUT2D eigenvalue weighted by Crippen LogP contribution is 2.33. The molecule has 158 valence electrons. The zero-order chi connectivity index (χ0) is 20.1. The number of hydrogen-bond donors (Lipinski definition) is 2. The van der Waals surface area contributed by atoms with Crippen LogP contribution >= 0.6 is 0 Å². The molecule has 2 aliphatic rings. The van der Waals surface area contributed by atoms with Crippen molar-refractivity contribution < 1.29 is 17.9 Å². The van der Waals surface area contributed by atoms with Gasteiger partial charge >= 0.3 is 6.18 Å². The molecule has 0 radical (unpaired) electrons. The monoisotopic (exact) mass is 392 g/mol. The molecule has 3 unspecified atom stereocenters. The van der Waals surface area contributed by atoms with E-state index >= 15 is 0 Å². The summed E-state index contributed by atoms with van der Waals surface area (Å²) in [6, 6.07) is 0. The van der Waals surface area contributed by atoms with Crippen LogP contribution in [0.5, 0.6) is 0 Å². The Kier molecular flexibility index (Phi) is 7.80. The fourth-order valence-electron chi connectivity index (χ4n) is 4.18. The lowest BCUT2D eigenvalue weighted by molar-refractivity contribution is -0.143. The molecule has 2 heterocycles. The molecule has 0 saturated carbocycles. The van der Waals surface area contributed by atoms with Crippen LogP contribution in [0.15, 0.2) is 4.99 Å². The van der Waals surface area contributed by atoms with E-state index in [2.05, 4.69) is 36.4 Å². The highest BCUT2D eigenvalue weighted by molar-refractivity contribution is 5.79. The highest BCUT2D eigenvalue weighted by Gasteiger charge is 2.36. The minimum Gasteiger partial charge on any atom is -0.377 e. The zero-order valence-electron chi connectivity index (χ0n) is 17.0. The van der Waals surface area contributed by atoms with Crippen LogP contribution in [0.2, 0.25) is 0 Å². The van der Waals surface area contributed by atoms with E-state index in [-0.39, 0.29) is 17.4 Å². The Balaban J connectivity index is 1.75. The number of nitrogens with zero attached hydrogens (tertiary/aromatic N) is 2. The molecule has 2 saturated heterocycles. The topological polar surface area (TPSA) is 48.9 Å². The maximum Gasteiger partial charge on any atom is 0.401 e. The summed E-state index contributed by atoms with van der Waals surface area (Å²) in [5.41, 5.74) is 0.0928. The van der Waals surface area contributed by atoms with Crippen molar-refractivity contribution in [1.82, 2.24) is 15.5 Å². The van der Waals surface area contributed by atoms with Crippen LogP contribution in [-0.2, 0) is 4.74 Å². The van der Waals surface area contributed by atoms with Crippen molar-refractivity contribution in [3.8, 4) is 0 Å². The predicted octanol–water partition coefficient (Wildman–Crippen LogP) is 2.88. The molecule has 2 rings (SSSR count). The number of hydrogen-bond acceptors (Lipinski definition) is 3. The number of alkyl halides is 3. The fourth-order valence-corrected chi connectivity index (χ4v) is 4.18. The van der Waals surface area contributed by atoms with E-state index in [0.717, 1.165) is 32.4 Å². The fraction of sp³-hybridized carbons (Fsp3) is 0.947. The molecule has 0 spiro atoms. The standard InChI is InChI=1S/C19H35F3N4O/c1-18(2,3)16-15(6-5-9-27-16)11-25-17(23-4)24-10-14-7-8-26(12-14)13-19(20,21)22/h14-16H,5-13H2,1-4H3,(H2,23,24,25). The van der Waals surface area contributed by atoms with Gasteiger partial charge in [-0.05, 0) is 37.1 Å². The van der Waals surface area contributed by atoms with Gasteiger partial charge in [0.1, 0.15) is 0 Å². The van der Waals surface area contributed by atoms with Crippen LogP contribution in [0.4, 0.5) is 13.2 Å². The van der Waals surface area contributed by atoms with Crippen molar-refractivity contribution in [1.29, 1.82) is 0 Å². The third-order valence-electron chi connectivity index (χ3n) is 5.38. The average molecular weight is 393 g/mol. The van der Waals surface area contributed by atoms with Gasteiger partial charge < -0.3 is 15.4 Å². The minimum atomic E-state index is -4.12. The molecule has 0 aromatic heterocycles. The Hall–Kier alpha value is -1.02. The average Bonchev–Trinajstić information content (AvgIpc) is 3.00. The summed E-state index contributed by atoms with van der Waals surface area (Å²) in [6.07, 6.45) is -0.931. The van der Waals surface area contributed by atoms with Crippen molar-refractivity contribution in [2.75, 3.05) is 46.4 Å². The smallest absolute Gasteiger partial charge is 0.377 e. The molecule has 0 amide bonds. The first-order valence-corrected chi connectivity index (χ1v) is 9.93. The second-order valence-electron chi connectivity index (χ2n) is 8.90. The molecule has 0 aromatic rings. The summed E-state index contributed by atoms with van der Waals surface area (Å²) in [5.74, 6) is 1.35. The zero-order valence-corrected chi connectivity index (χ0v) is 17.0. The van der Waals surface area contributed by atoms with Crippen LogP contribution in [0.3, 0.4) is 0 Å². The maximum absolute atomic E-state index is 12.5. The van der Waals surface area contributed by atoms with Crippen LogP contribution in [-0.4, -0.2) is 69.5 Å². The van der Waals surface area contributed by atoms with E-state index in [1.807, 2.05) is 0 Å². The Labute approximate surface area is 161 Å². The summed E-state index contributed by atoms with van der Waals surface area (Å²) < 4.78 is 43.5. The van der Waals surface area contributed by atoms with Crippen LogP contribution in [0.1, 0.15) is 40.0 Å². The molecule has 2 fully saturated rings. The molecule has 3 atom stereocenters. The summed E-state index contributed by atoms with van der Waals surface area (Å²) in [7, 11) is 1.72. The summed E-state index contributed by atoms with van der Waals surface area (Å²) in [4.78, 5) is 5.74. The van der Waals surface area contributed by atoms with Gasteiger partial charge in [-0.2, -0.15) is 13.2 Å². The first kappa shape index (κ1) is 22.3. The maximum atomic E-state index is 12.5. The van der Waals surface area contributed by atoms with Crippen molar-refractivity contribution in [3.63, 3.8) is 0 Å². The van der Waals surface area contributed by atoms with E-state index in [9.17, 15) is 13.2 Å². The first-order valence-electron chi connectivity index (χ1n) is 9.93. The number of aliphatic imine (C=N–C) groups is 1. The van der Waals surface area contributed by atoms with Gasteiger partial charge in [-0.3, -0.25) is 9.89 Å². The number of rotatable bonds is 5. The van der Waals surface area contributed by atoms with Gasteiger partial charge in [-0.25, -0.2) is 0 Å². The van der Waals surface area contributed by atoms with Gasteiger partial charge in [-0.15, -0.1) is 0 Å². The normalized spacial score (nSPS) is 28.4. The Morgan fingerprint density at radius 3 is 2.48 bits per heavy atom. The Bertz CT molecular complexity index is 490. The number of nitrogens with one attached hydrogen (secondary N) is 2. The van der Waals surface area contributed by atoms with Gasteiger partial charge in [0.15, 0.2) is 5.96 Å². The molecule has 8 heteroatoms. The molecule has 0 aromatic carbocycles. The largest absolute Gasteiger partial charge is 0.401 e. The molecular formula is C19H35F3N4O. The number of likely N-dealkylation sites (tertiary alicyclic amines) is 1. The molecule has 0 bridgehead atoms. The second kappa shape index (κ2) is 9.45. The lowest BCUT2D eigenvalue weighted by Crippen LogP contribution is -2.48. The van der Waals surface area contributed by atoms with Crippen molar-refractivity contribution in [3.05, 3.63) is 0 Å². The van der Waals surface area contributed by atoms with Crippen molar-refractivity contribution in [2.45, 2.75) is 52.3 Å². The summed E-state index contributed by atoms with van der Waals surface area (Å²) in [5, 5.41) is 6.66. The lowest BCUT2D eigenvalue weighted by Gasteiger charge is -2.40. The molecule has 0 aliphatic carbocycles. The van der Waals surface area contributed by atoms with Gasteiger partial charge in [-0.1, -0.05) is 20.8 Å². The molecule has 5 nitrogen and oxygen atoms in total. The van der Waals surface area contributed by atoms with Crippen LogP contribution in [0.25, 0.3) is 0 Å². The number of guanidine groups is 1. The third-order valence-corrected chi connectivity index (χ3v) is 5.38. The summed E-state index contributed by atoms with van der Waals surface area (Å²) >= 11 is 0. The number of halogens is 3. The van der Waals surface area contributed by atoms with E-state index in [0.29, 0.717) is 31.5 Å². The molecule has 2 aliphatic heterocycles. The van der Waals surface area contributed by atoms with Crippen molar-refractivity contribution >= 4 is 5.96 Å². The SMILES string of the molecule is CN=C(NCC1CCN(CC(F)(F)F)C1)NCC1CCCOC1C(C)(C)C. The first-order chi connectivity index (χ1) is 12.6. The van der Waals surface area contributed by atoms with Crippen LogP contribution in [0, 0.1) is 17.3 Å². The third kappa shape index (κ3) is 7.49. The van der Waals surface area contributed by atoms with Gasteiger partial charge in [0.05, 0.1) is 12.6 Å². The van der Waals surface area contributed by atoms with Crippen LogP contribution < -0.4 is 10.6 Å². The quantitative estimate of drug-likeness (QED) is 0.558. The Morgan fingerprint density at radius 1 is 1.15 bits per heavy atom. The van der Waals surface area contributed by atoms with Gasteiger partial charge in [0, 0.05) is 39.2 Å². The summed E-state index contributed by atoms with van der Waals surface area (Å²) in [6.45, 7) is 9.02. The number of ether oxygens (including phenoxy) is 1. The molecule has 2 N–H and O–H groups in total. The van der Waals surface area contributed by atoms with E-state index in [4.69, 9.17) is 4.74 Å². The predicted molar refractivity (Wildman–Crippen MR) is 102 cm³/mol. The second-order valence-corrected chi connectivity index (χ2v) is 8.90. The Morgan fingerprint density at radius 2 is 1.85 bits per heavy atom. The minimum absolute atomic E-state index is 0.0928. The van der Waals surface area contributed by atoms with Crippen molar-refractivity contribution in [2.24, 2.45) is 22.2 Å². The molecule has 27 heavy (non-hydrogen) atoms. The highest BCUT2D eigenvalue weighted by atomic mass is 19.4. The van der Waals surface area contributed by atoms with E-state index in [1.165, 1.54) is 4.90 Å². The van der Waals surface area contributed by atoms with E-state index in [1.54, 1.807) is 7.05 Å². The van der Waals surface area contributed by atoms with Gasteiger partial charge in [0.2, 0.25) is 0 Å². The lowest BCUT2D eigenvalue weighted by atomic mass is 9.78. The van der Waals surface area contributed by atoms with E-state index < -0.39 is 12.7 Å². The molecular weight excluding hydrogens is 357 g/mol. The van der Waals surface area contributed by atoms with Gasteiger partial charge in [0.25, 0.3) is 0 Å².